The molecular formula is C21H23F3N4O9S. The zero-order chi connectivity index (χ0) is 28.6. The first-order valence-electron chi connectivity index (χ1n) is 10.7. The molecule has 1 aromatic rings. The highest BCUT2D eigenvalue weighted by Crippen LogP contribution is 2.40. The van der Waals surface area contributed by atoms with Crippen LogP contribution >= 0.6 is 11.8 Å². The van der Waals surface area contributed by atoms with Crippen LogP contribution in [0, 0.1) is 0 Å². The molecule has 3 heterocycles. The summed E-state index contributed by atoms with van der Waals surface area (Å²) in [5, 5.41) is 18.8. The fourth-order valence-electron chi connectivity index (χ4n) is 3.18. The van der Waals surface area contributed by atoms with Gasteiger partial charge in [-0.2, -0.15) is 13.2 Å². The number of anilines is 1. The quantitative estimate of drug-likeness (QED) is 0.189. The van der Waals surface area contributed by atoms with Gasteiger partial charge in [-0.1, -0.05) is 0 Å². The standard InChI is InChI=1S/C19H22N4O7S.C2HF3O2/c1-3-30-22-13-6-11(4-5-20-13)7-14(25)21-15-17(26)23-16(19(27)28)12(8-29-10(2)24)9-31-18(15)23;3-2(4,5)1(6)7/h4-6,15,18H,3,7-9H2,1-2H3,(H,20,22)(H,21,25)(H,27,28);(H,6,7)/t15-,18-;/m1./s1. The van der Waals surface area contributed by atoms with E-state index in [9.17, 15) is 37.5 Å². The maximum atomic E-state index is 12.6. The second-order valence-electron chi connectivity index (χ2n) is 7.56. The number of carbonyl (C=O) groups is 5. The molecule has 2 amide bonds. The number of amides is 2. The summed E-state index contributed by atoms with van der Waals surface area (Å²) in [5.74, 6) is -4.75. The van der Waals surface area contributed by atoms with Gasteiger partial charge in [-0.25, -0.2) is 20.1 Å². The number of aromatic nitrogens is 1. The van der Waals surface area contributed by atoms with E-state index in [-0.39, 0.29) is 30.4 Å². The van der Waals surface area contributed by atoms with Crippen LogP contribution in [0.25, 0.3) is 0 Å². The summed E-state index contributed by atoms with van der Waals surface area (Å²) in [6.45, 7) is 3.29. The van der Waals surface area contributed by atoms with E-state index in [1.807, 2.05) is 6.92 Å². The SMILES string of the molecule is CCONc1cc(CC(=O)N[C@@H]2C(=O)N3C(C(=O)O)=C(COC(C)=O)CS[C@H]23)ccn1.O=C(O)C(F)(F)F. The Kier molecular flexibility index (Phi) is 10.5. The molecule has 1 aromatic heterocycles. The highest BCUT2D eigenvalue weighted by Gasteiger charge is 2.54. The number of alkyl halides is 3. The molecule has 0 radical (unpaired) electrons. The lowest BCUT2D eigenvalue weighted by atomic mass is 10.0. The van der Waals surface area contributed by atoms with Crippen LogP contribution in [0.1, 0.15) is 19.4 Å². The van der Waals surface area contributed by atoms with E-state index < -0.39 is 41.4 Å². The van der Waals surface area contributed by atoms with Gasteiger partial charge in [-0.3, -0.25) is 24.1 Å². The van der Waals surface area contributed by atoms with Crippen molar-refractivity contribution in [2.75, 3.05) is 24.4 Å². The average Bonchev–Trinajstić information content (AvgIpc) is 2.84. The highest BCUT2D eigenvalue weighted by molar-refractivity contribution is 8.00. The van der Waals surface area contributed by atoms with Crippen molar-refractivity contribution in [2.24, 2.45) is 0 Å². The van der Waals surface area contributed by atoms with E-state index in [1.165, 1.54) is 24.9 Å². The number of carboxylic acids is 2. The van der Waals surface area contributed by atoms with Gasteiger partial charge in [0, 0.05) is 24.4 Å². The number of ether oxygens (including phenoxy) is 1. The summed E-state index contributed by atoms with van der Waals surface area (Å²) in [6, 6.07) is 2.50. The molecule has 17 heteroatoms. The minimum atomic E-state index is -5.08. The molecule has 1 fully saturated rings. The molecule has 2 atom stereocenters. The van der Waals surface area contributed by atoms with Crippen LogP contribution in [0.2, 0.25) is 0 Å². The lowest BCUT2D eigenvalue weighted by Crippen LogP contribution is -2.70. The van der Waals surface area contributed by atoms with E-state index in [1.54, 1.807) is 12.1 Å². The van der Waals surface area contributed by atoms with Crippen molar-refractivity contribution in [2.45, 2.75) is 37.9 Å². The van der Waals surface area contributed by atoms with Gasteiger partial charge in [0.1, 0.15) is 29.5 Å². The van der Waals surface area contributed by atoms with Crippen molar-refractivity contribution in [1.29, 1.82) is 0 Å². The van der Waals surface area contributed by atoms with Crippen molar-refractivity contribution in [1.82, 2.24) is 15.2 Å². The predicted molar refractivity (Wildman–Crippen MR) is 123 cm³/mol. The smallest absolute Gasteiger partial charge is 0.477 e. The Morgan fingerprint density at radius 2 is 1.92 bits per heavy atom. The molecule has 2 aliphatic rings. The predicted octanol–water partition coefficient (Wildman–Crippen LogP) is 0.923. The molecule has 3 rings (SSSR count). The molecule has 4 N–H and O–H groups in total. The first-order chi connectivity index (χ1) is 17.8. The Bertz CT molecular complexity index is 1130. The van der Waals surface area contributed by atoms with E-state index >= 15 is 0 Å². The van der Waals surface area contributed by atoms with Gasteiger partial charge < -0.3 is 20.3 Å². The molecule has 0 unspecified atom stereocenters. The number of carbonyl (C=O) groups excluding carboxylic acids is 3. The fourth-order valence-corrected chi connectivity index (χ4v) is 4.51. The summed E-state index contributed by atoms with van der Waals surface area (Å²) in [7, 11) is 0. The van der Waals surface area contributed by atoms with Crippen LogP contribution in [0.4, 0.5) is 19.0 Å². The van der Waals surface area contributed by atoms with Gasteiger partial charge in [0.15, 0.2) is 0 Å². The van der Waals surface area contributed by atoms with Crippen molar-refractivity contribution < 1.29 is 56.9 Å². The zero-order valence-corrected chi connectivity index (χ0v) is 20.7. The van der Waals surface area contributed by atoms with E-state index in [0.717, 1.165) is 4.90 Å². The molecule has 208 valence electrons. The molecule has 2 aliphatic heterocycles. The maximum absolute atomic E-state index is 12.6. The van der Waals surface area contributed by atoms with Gasteiger partial charge in [-0.15, -0.1) is 11.8 Å². The molecule has 38 heavy (non-hydrogen) atoms. The van der Waals surface area contributed by atoms with Crippen LogP contribution in [-0.4, -0.2) is 86.4 Å². The molecule has 0 bridgehead atoms. The maximum Gasteiger partial charge on any atom is 0.490 e. The van der Waals surface area contributed by atoms with Gasteiger partial charge in [0.25, 0.3) is 5.91 Å². The Morgan fingerprint density at radius 1 is 1.26 bits per heavy atom. The van der Waals surface area contributed by atoms with Gasteiger partial charge in [0.05, 0.1) is 13.0 Å². The highest BCUT2D eigenvalue weighted by atomic mass is 32.2. The molecule has 0 aliphatic carbocycles. The largest absolute Gasteiger partial charge is 0.490 e. The molecular weight excluding hydrogens is 541 g/mol. The van der Waals surface area contributed by atoms with Crippen LogP contribution in [-0.2, 0) is 40.0 Å². The number of halogens is 3. The number of hydrogen-bond acceptors (Lipinski definition) is 10. The Balaban J connectivity index is 0.000000638. The number of pyridine rings is 1. The van der Waals surface area contributed by atoms with Crippen molar-refractivity contribution >= 4 is 47.3 Å². The number of aliphatic carboxylic acids is 2. The normalized spacial score (nSPS) is 18.3. The summed E-state index contributed by atoms with van der Waals surface area (Å²) in [6.07, 6.45) is -3.53. The number of β-lactam (4-membered cyclic amide) rings is 1. The van der Waals surface area contributed by atoms with Crippen LogP contribution in [0.15, 0.2) is 29.6 Å². The Morgan fingerprint density at radius 3 is 2.47 bits per heavy atom. The van der Waals surface area contributed by atoms with E-state index in [2.05, 4.69) is 15.8 Å². The lowest BCUT2D eigenvalue weighted by Gasteiger charge is -2.49. The monoisotopic (exact) mass is 564 g/mol. The summed E-state index contributed by atoms with van der Waals surface area (Å²) in [5.41, 5.74) is 3.47. The minimum absolute atomic E-state index is 0.0177. The van der Waals surface area contributed by atoms with Crippen LogP contribution in [0.5, 0.6) is 0 Å². The number of fused-ring (bicyclic) bond motifs is 1. The average molecular weight is 564 g/mol. The molecule has 1 saturated heterocycles. The number of thioether (sulfide) groups is 1. The number of esters is 1. The third-order valence-corrected chi connectivity index (χ3v) is 6.11. The Hall–Kier alpha value is -3.86. The van der Waals surface area contributed by atoms with Crippen LogP contribution < -0.4 is 10.8 Å². The minimum Gasteiger partial charge on any atom is -0.477 e. The van der Waals surface area contributed by atoms with Crippen molar-refractivity contribution in [3.8, 4) is 0 Å². The zero-order valence-electron chi connectivity index (χ0n) is 19.9. The lowest BCUT2D eigenvalue weighted by molar-refractivity contribution is -0.192. The third-order valence-electron chi connectivity index (χ3n) is 4.77. The number of hydrogen-bond donors (Lipinski definition) is 4. The second-order valence-corrected chi connectivity index (χ2v) is 8.66. The number of rotatable bonds is 9. The number of carboxylic acid groups (broad SMARTS) is 2. The van der Waals surface area contributed by atoms with E-state index in [4.69, 9.17) is 19.5 Å². The number of nitrogens with zero attached hydrogens (tertiary/aromatic N) is 2. The first kappa shape index (κ1) is 30.4. The van der Waals surface area contributed by atoms with E-state index in [0.29, 0.717) is 23.6 Å². The van der Waals surface area contributed by atoms with Crippen LogP contribution in [0.3, 0.4) is 0 Å². The summed E-state index contributed by atoms with van der Waals surface area (Å²) >= 11 is 1.31. The molecule has 0 aromatic carbocycles. The summed E-state index contributed by atoms with van der Waals surface area (Å²) < 4.78 is 36.6. The third kappa shape index (κ3) is 8.07. The van der Waals surface area contributed by atoms with Crippen molar-refractivity contribution in [3.63, 3.8) is 0 Å². The Labute approximate surface area is 217 Å². The topological polar surface area (TPSA) is 184 Å². The molecule has 13 nitrogen and oxygen atoms in total. The van der Waals surface area contributed by atoms with Crippen molar-refractivity contribution in [3.05, 3.63) is 35.2 Å². The van der Waals surface area contributed by atoms with Gasteiger partial charge >= 0.3 is 24.1 Å². The second kappa shape index (κ2) is 13.1. The molecule has 0 spiro atoms. The van der Waals surface area contributed by atoms with Gasteiger partial charge in [0.2, 0.25) is 5.91 Å². The fraction of sp³-hybridized carbons (Fsp3) is 0.429. The molecule has 0 saturated carbocycles. The van der Waals surface area contributed by atoms with Gasteiger partial charge in [-0.05, 0) is 24.6 Å². The summed E-state index contributed by atoms with van der Waals surface area (Å²) in [4.78, 5) is 67.0. The first-order valence-corrected chi connectivity index (χ1v) is 11.8. The number of nitrogens with one attached hydrogen (secondary N) is 2.